The number of aromatic nitrogens is 4. The van der Waals surface area contributed by atoms with Crippen molar-refractivity contribution in [2.75, 3.05) is 11.9 Å². The Morgan fingerprint density at radius 3 is 2.89 bits per heavy atom. The van der Waals surface area contributed by atoms with Crippen LogP contribution in [0.1, 0.15) is 17.8 Å². The summed E-state index contributed by atoms with van der Waals surface area (Å²) < 4.78 is 1.91. The molecular weight excluding hydrogens is 250 g/mol. The lowest BCUT2D eigenvalue weighted by atomic mass is 10.3. The minimum absolute atomic E-state index is 0.511. The summed E-state index contributed by atoms with van der Waals surface area (Å²) in [6.07, 6.45) is 4.71. The van der Waals surface area contributed by atoms with Crippen molar-refractivity contribution in [3.63, 3.8) is 0 Å². The van der Waals surface area contributed by atoms with Gasteiger partial charge in [0.25, 0.3) is 0 Å². The van der Waals surface area contributed by atoms with E-state index >= 15 is 0 Å². The highest BCUT2D eigenvalue weighted by Gasteiger charge is 2.06. The van der Waals surface area contributed by atoms with Gasteiger partial charge in [-0.05, 0) is 26.3 Å². The molecule has 96 valence electrons. The third kappa shape index (κ3) is 3.20. The molecule has 18 heavy (non-hydrogen) atoms. The SMILES string of the molecule is Cc1nc(Cl)c(C)c(NCCCn2cccn2)n1. The molecule has 1 N–H and O–H groups in total. The summed E-state index contributed by atoms with van der Waals surface area (Å²) in [5.41, 5.74) is 0.890. The van der Waals surface area contributed by atoms with Crippen LogP contribution in [-0.2, 0) is 6.54 Å². The largest absolute Gasteiger partial charge is 0.370 e. The summed E-state index contributed by atoms with van der Waals surface area (Å²) in [6, 6.07) is 1.92. The molecule has 0 saturated heterocycles. The summed E-state index contributed by atoms with van der Waals surface area (Å²) in [4.78, 5) is 8.44. The fourth-order valence-electron chi connectivity index (χ4n) is 1.65. The van der Waals surface area contributed by atoms with Gasteiger partial charge in [-0.25, -0.2) is 9.97 Å². The van der Waals surface area contributed by atoms with Crippen molar-refractivity contribution >= 4 is 17.4 Å². The van der Waals surface area contributed by atoms with Crippen molar-refractivity contribution in [1.29, 1.82) is 0 Å². The molecule has 0 aliphatic rings. The molecule has 0 atom stereocenters. The average Bonchev–Trinajstić information content (AvgIpc) is 2.83. The van der Waals surface area contributed by atoms with Gasteiger partial charge in [0.1, 0.15) is 16.8 Å². The van der Waals surface area contributed by atoms with Crippen molar-refractivity contribution in [2.45, 2.75) is 26.8 Å². The molecule has 2 aromatic rings. The molecule has 0 amide bonds. The van der Waals surface area contributed by atoms with E-state index in [4.69, 9.17) is 11.6 Å². The van der Waals surface area contributed by atoms with Gasteiger partial charge in [-0.15, -0.1) is 0 Å². The number of rotatable bonds is 5. The molecule has 0 aliphatic carbocycles. The van der Waals surface area contributed by atoms with Crippen LogP contribution in [0, 0.1) is 13.8 Å². The fourth-order valence-corrected chi connectivity index (χ4v) is 1.86. The van der Waals surface area contributed by atoms with Crippen LogP contribution in [-0.4, -0.2) is 26.3 Å². The number of hydrogen-bond donors (Lipinski definition) is 1. The van der Waals surface area contributed by atoms with E-state index in [0.717, 1.165) is 30.9 Å². The van der Waals surface area contributed by atoms with Crippen LogP contribution < -0.4 is 5.32 Å². The summed E-state index contributed by atoms with van der Waals surface area (Å²) in [6.45, 7) is 5.46. The van der Waals surface area contributed by atoms with E-state index in [9.17, 15) is 0 Å². The minimum Gasteiger partial charge on any atom is -0.370 e. The predicted octanol–water partition coefficient (Wildman–Crippen LogP) is 2.45. The van der Waals surface area contributed by atoms with E-state index in [0.29, 0.717) is 11.0 Å². The van der Waals surface area contributed by atoms with Crippen LogP contribution in [0.3, 0.4) is 0 Å². The van der Waals surface area contributed by atoms with Gasteiger partial charge in [-0.2, -0.15) is 5.10 Å². The molecule has 0 spiro atoms. The van der Waals surface area contributed by atoms with Crippen LogP contribution in [0.15, 0.2) is 18.5 Å². The lowest BCUT2D eigenvalue weighted by Crippen LogP contribution is -2.10. The Labute approximate surface area is 111 Å². The Morgan fingerprint density at radius 1 is 1.33 bits per heavy atom. The first kappa shape index (κ1) is 12.8. The second kappa shape index (κ2) is 5.82. The number of anilines is 1. The molecule has 2 aromatic heterocycles. The molecule has 5 nitrogen and oxygen atoms in total. The van der Waals surface area contributed by atoms with E-state index in [1.807, 2.05) is 30.8 Å². The number of nitrogens with one attached hydrogen (secondary N) is 1. The lowest BCUT2D eigenvalue weighted by molar-refractivity contribution is 0.591. The van der Waals surface area contributed by atoms with Gasteiger partial charge in [-0.3, -0.25) is 4.68 Å². The Bertz CT molecular complexity index is 509. The molecule has 6 heteroatoms. The highest BCUT2D eigenvalue weighted by Crippen LogP contribution is 2.19. The van der Waals surface area contributed by atoms with Gasteiger partial charge in [0.2, 0.25) is 0 Å². The Morgan fingerprint density at radius 2 is 2.17 bits per heavy atom. The maximum absolute atomic E-state index is 6.01. The van der Waals surface area contributed by atoms with E-state index in [1.165, 1.54) is 0 Å². The van der Waals surface area contributed by atoms with Gasteiger partial charge in [-0.1, -0.05) is 11.6 Å². The maximum atomic E-state index is 6.01. The van der Waals surface area contributed by atoms with Crippen LogP contribution in [0.25, 0.3) is 0 Å². The molecular formula is C12H16ClN5. The lowest BCUT2D eigenvalue weighted by Gasteiger charge is -2.10. The van der Waals surface area contributed by atoms with Gasteiger partial charge in [0.15, 0.2) is 0 Å². The van der Waals surface area contributed by atoms with Gasteiger partial charge < -0.3 is 5.32 Å². The first-order valence-corrected chi connectivity index (χ1v) is 6.26. The molecule has 0 saturated carbocycles. The molecule has 0 fully saturated rings. The average molecular weight is 266 g/mol. The van der Waals surface area contributed by atoms with Crippen molar-refractivity contribution in [1.82, 2.24) is 19.7 Å². The Hall–Kier alpha value is -1.62. The molecule has 2 rings (SSSR count). The van der Waals surface area contributed by atoms with E-state index in [-0.39, 0.29) is 0 Å². The molecule has 0 aromatic carbocycles. The van der Waals surface area contributed by atoms with Crippen LogP contribution in [0.2, 0.25) is 5.15 Å². The zero-order chi connectivity index (χ0) is 13.0. The van der Waals surface area contributed by atoms with Crippen LogP contribution >= 0.6 is 11.6 Å². The van der Waals surface area contributed by atoms with Crippen molar-refractivity contribution in [3.05, 3.63) is 35.0 Å². The van der Waals surface area contributed by atoms with Crippen LogP contribution in [0.4, 0.5) is 5.82 Å². The normalized spacial score (nSPS) is 10.6. The zero-order valence-corrected chi connectivity index (χ0v) is 11.3. The fraction of sp³-hybridized carbons (Fsp3) is 0.417. The second-order valence-corrected chi connectivity index (χ2v) is 4.44. The third-order valence-electron chi connectivity index (χ3n) is 2.61. The summed E-state index contributed by atoms with van der Waals surface area (Å²) in [7, 11) is 0. The quantitative estimate of drug-likeness (QED) is 0.666. The molecule has 0 bridgehead atoms. The maximum Gasteiger partial charge on any atom is 0.137 e. The second-order valence-electron chi connectivity index (χ2n) is 4.08. The Kier molecular flexibility index (Phi) is 4.15. The highest BCUT2D eigenvalue weighted by molar-refractivity contribution is 6.30. The smallest absolute Gasteiger partial charge is 0.137 e. The standard InChI is InChI=1S/C12H16ClN5/c1-9-11(13)16-10(2)17-12(9)14-5-3-7-18-8-4-6-15-18/h4,6,8H,3,5,7H2,1-2H3,(H,14,16,17). The highest BCUT2D eigenvalue weighted by atomic mass is 35.5. The van der Waals surface area contributed by atoms with Gasteiger partial charge in [0.05, 0.1) is 0 Å². The first-order valence-electron chi connectivity index (χ1n) is 5.89. The number of nitrogens with zero attached hydrogens (tertiary/aromatic N) is 4. The minimum atomic E-state index is 0.511. The van der Waals surface area contributed by atoms with Gasteiger partial charge in [0, 0.05) is 31.0 Å². The zero-order valence-electron chi connectivity index (χ0n) is 10.5. The Balaban J connectivity index is 1.86. The molecule has 0 unspecified atom stereocenters. The summed E-state index contributed by atoms with van der Waals surface area (Å²) in [5.74, 6) is 1.49. The van der Waals surface area contributed by atoms with E-state index < -0.39 is 0 Å². The topological polar surface area (TPSA) is 55.6 Å². The summed E-state index contributed by atoms with van der Waals surface area (Å²) in [5, 5.41) is 7.94. The van der Waals surface area contributed by atoms with E-state index in [2.05, 4.69) is 20.4 Å². The number of aryl methyl sites for hydroxylation is 2. The predicted molar refractivity (Wildman–Crippen MR) is 71.8 cm³/mol. The molecule has 2 heterocycles. The molecule has 0 radical (unpaired) electrons. The summed E-state index contributed by atoms with van der Waals surface area (Å²) >= 11 is 6.01. The number of hydrogen-bond acceptors (Lipinski definition) is 4. The van der Waals surface area contributed by atoms with Crippen molar-refractivity contribution in [3.8, 4) is 0 Å². The van der Waals surface area contributed by atoms with E-state index in [1.54, 1.807) is 6.20 Å². The van der Waals surface area contributed by atoms with Gasteiger partial charge >= 0.3 is 0 Å². The number of halogens is 1. The third-order valence-corrected chi connectivity index (χ3v) is 2.98. The van der Waals surface area contributed by atoms with Crippen LogP contribution in [0.5, 0.6) is 0 Å². The first-order chi connectivity index (χ1) is 8.66. The monoisotopic (exact) mass is 265 g/mol. The van der Waals surface area contributed by atoms with Crippen molar-refractivity contribution < 1.29 is 0 Å². The molecule has 0 aliphatic heterocycles. The van der Waals surface area contributed by atoms with Crippen molar-refractivity contribution in [2.24, 2.45) is 0 Å².